The Hall–Kier alpha value is -1.32. The van der Waals surface area contributed by atoms with Gasteiger partial charge < -0.3 is 5.32 Å². The second-order valence-corrected chi connectivity index (χ2v) is 4.08. The number of carbonyl (C=O) groups is 1. The Morgan fingerprint density at radius 3 is 3.00 bits per heavy atom. The third kappa shape index (κ3) is 2.03. The maximum atomic E-state index is 11.4. The molecule has 2 rings (SSSR count). The molecule has 1 aromatic rings. The second-order valence-electron chi connectivity index (χ2n) is 4.08. The number of rotatable bonds is 3. The van der Waals surface area contributed by atoms with Crippen LogP contribution >= 0.6 is 0 Å². The van der Waals surface area contributed by atoms with Crippen molar-refractivity contribution in [2.45, 2.75) is 26.2 Å². The standard InChI is InChI=1S/C11H17N3O/c1-3-9-7-10(14(2)13-9)6-8-4-5-12-11(8)15/h7-8H,3-6H2,1-2H3,(H,12,15). The summed E-state index contributed by atoms with van der Waals surface area (Å²) in [6, 6.07) is 2.10. The SMILES string of the molecule is CCc1cc(CC2CCNC2=O)n(C)n1. The van der Waals surface area contributed by atoms with Gasteiger partial charge in [0, 0.05) is 31.6 Å². The summed E-state index contributed by atoms with van der Waals surface area (Å²) < 4.78 is 1.89. The van der Waals surface area contributed by atoms with Crippen molar-refractivity contribution in [3.8, 4) is 0 Å². The molecule has 4 heteroatoms. The molecule has 0 aliphatic carbocycles. The Labute approximate surface area is 89.7 Å². The molecule has 1 saturated heterocycles. The summed E-state index contributed by atoms with van der Waals surface area (Å²) in [6.07, 6.45) is 2.71. The van der Waals surface area contributed by atoms with Crippen molar-refractivity contribution in [2.24, 2.45) is 13.0 Å². The number of amides is 1. The van der Waals surface area contributed by atoms with Crippen molar-refractivity contribution in [3.05, 3.63) is 17.5 Å². The van der Waals surface area contributed by atoms with Crippen molar-refractivity contribution < 1.29 is 4.79 Å². The first-order chi connectivity index (χ1) is 7.20. The summed E-state index contributed by atoms with van der Waals surface area (Å²) in [7, 11) is 1.95. The molecule has 1 aromatic heterocycles. The predicted molar refractivity (Wildman–Crippen MR) is 57.4 cm³/mol. The first-order valence-corrected chi connectivity index (χ1v) is 5.50. The van der Waals surface area contributed by atoms with Gasteiger partial charge in [0.2, 0.25) is 5.91 Å². The largest absolute Gasteiger partial charge is 0.356 e. The van der Waals surface area contributed by atoms with E-state index in [-0.39, 0.29) is 11.8 Å². The summed E-state index contributed by atoms with van der Waals surface area (Å²) >= 11 is 0. The number of aromatic nitrogens is 2. The number of nitrogens with one attached hydrogen (secondary N) is 1. The Balaban J connectivity index is 2.09. The van der Waals surface area contributed by atoms with E-state index in [9.17, 15) is 4.79 Å². The van der Waals surface area contributed by atoms with Crippen molar-refractivity contribution in [2.75, 3.05) is 6.54 Å². The van der Waals surface area contributed by atoms with Crippen molar-refractivity contribution in [1.29, 1.82) is 0 Å². The first-order valence-electron chi connectivity index (χ1n) is 5.50. The zero-order chi connectivity index (χ0) is 10.8. The third-order valence-corrected chi connectivity index (χ3v) is 3.01. The highest BCUT2D eigenvalue weighted by Gasteiger charge is 2.25. The summed E-state index contributed by atoms with van der Waals surface area (Å²) in [5.74, 6) is 0.333. The summed E-state index contributed by atoms with van der Waals surface area (Å²) in [4.78, 5) is 11.4. The zero-order valence-corrected chi connectivity index (χ0v) is 9.29. The number of nitrogens with zero attached hydrogens (tertiary/aromatic N) is 2. The smallest absolute Gasteiger partial charge is 0.223 e. The lowest BCUT2D eigenvalue weighted by atomic mass is 10.0. The second kappa shape index (κ2) is 4.04. The Bertz CT molecular complexity index is 370. The molecule has 0 saturated carbocycles. The van der Waals surface area contributed by atoms with E-state index >= 15 is 0 Å². The lowest BCUT2D eigenvalue weighted by Crippen LogP contribution is -2.21. The maximum Gasteiger partial charge on any atom is 0.223 e. The fourth-order valence-electron chi connectivity index (χ4n) is 2.03. The van der Waals surface area contributed by atoms with Gasteiger partial charge in [0.25, 0.3) is 0 Å². The van der Waals surface area contributed by atoms with Gasteiger partial charge in [-0.15, -0.1) is 0 Å². The molecule has 0 aromatic carbocycles. The van der Waals surface area contributed by atoms with Crippen LogP contribution in [0.5, 0.6) is 0 Å². The van der Waals surface area contributed by atoms with Gasteiger partial charge in [-0.05, 0) is 18.9 Å². The molecule has 1 amide bonds. The van der Waals surface area contributed by atoms with Crippen molar-refractivity contribution in [3.63, 3.8) is 0 Å². The highest BCUT2D eigenvalue weighted by molar-refractivity contribution is 5.80. The normalized spacial score (nSPS) is 20.7. The van der Waals surface area contributed by atoms with Gasteiger partial charge >= 0.3 is 0 Å². The van der Waals surface area contributed by atoms with Crippen LogP contribution < -0.4 is 5.32 Å². The highest BCUT2D eigenvalue weighted by Crippen LogP contribution is 2.16. The summed E-state index contributed by atoms with van der Waals surface area (Å²) in [6.45, 7) is 2.91. The van der Waals surface area contributed by atoms with E-state index in [1.807, 2.05) is 11.7 Å². The molecule has 0 radical (unpaired) electrons. The molecule has 0 bridgehead atoms. The average molecular weight is 207 g/mol. The number of carbonyl (C=O) groups excluding carboxylic acids is 1. The molecule has 1 atom stereocenters. The molecular formula is C11H17N3O. The van der Waals surface area contributed by atoms with Crippen LogP contribution in [-0.4, -0.2) is 22.2 Å². The van der Waals surface area contributed by atoms with E-state index in [4.69, 9.17) is 0 Å². The van der Waals surface area contributed by atoms with Gasteiger partial charge in [0.05, 0.1) is 5.69 Å². The molecular weight excluding hydrogens is 190 g/mol. The van der Waals surface area contributed by atoms with E-state index < -0.39 is 0 Å². The molecule has 1 unspecified atom stereocenters. The van der Waals surface area contributed by atoms with E-state index in [0.29, 0.717) is 0 Å². The maximum absolute atomic E-state index is 11.4. The van der Waals surface area contributed by atoms with E-state index in [0.717, 1.165) is 37.2 Å². The fraction of sp³-hybridized carbons (Fsp3) is 0.636. The van der Waals surface area contributed by atoms with Crippen LogP contribution in [0.25, 0.3) is 0 Å². The summed E-state index contributed by atoms with van der Waals surface area (Å²) in [5, 5.41) is 7.24. The summed E-state index contributed by atoms with van der Waals surface area (Å²) in [5.41, 5.74) is 2.26. The number of hydrogen-bond acceptors (Lipinski definition) is 2. The third-order valence-electron chi connectivity index (χ3n) is 3.01. The number of hydrogen-bond donors (Lipinski definition) is 1. The van der Waals surface area contributed by atoms with Crippen LogP contribution in [0.2, 0.25) is 0 Å². The van der Waals surface area contributed by atoms with Crippen LogP contribution in [0.15, 0.2) is 6.07 Å². The van der Waals surface area contributed by atoms with Gasteiger partial charge in [0.1, 0.15) is 0 Å². The van der Waals surface area contributed by atoms with Crippen LogP contribution in [0.4, 0.5) is 0 Å². The molecule has 4 nitrogen and oxygen atoms in total. The van der Waals surface area contributed by atoms with Gasteiger partial charge in [0.15, 0.2) is 0 Å². The topological polar surface area (TPSA) is 46.9 Å². The van der Waals surface area contributed by atoms with Crippen LogP contribution in [0, 0.1) is 5.92 Å². The Morgan fingerprint density at radius 2 is 2.47 bits per heavy atom. The molecule has 1 aliphatic heterocycles. The highest BCUT2D eigenvalue weighted by atomic mass is 16.2. The lowest BCUT2D eigenvalue weighted by Gasteiger charge is -2.06. The minimum absolute atomic E-state index is 0.144. The monoisotopic (exact) mass is 207 g/mol. The lowest BCUT2D eigenvalue weighted by molar-refractivity contribution is -0.122. The molecule has 1 fully saturated rings. The molecule has 15 heavy (non-hydrogen) atoms. The van der Waals surface area contributed by atoms with Crippen LogP contribution in [0.1, 0.15) is 24.7 Å². The number of aryl methyl sites for hydroxylation is 2. The zero-order valence-electron chi connectivity index (χ0n) is 9.29. The van der Waals surface area contributed by atoms with Gasteiger partial charge in [-0.1, -0.05) is 6.92 Å². The van der Waals surface area contributed by atoms with E-state index in [1.54, 1.807) is 0 Å². The molecule has 1 N–H and O–H groups in total. The minimum atomic E-state index is 0.144. The van der Waals surface area contributed by atoms with Crippen molar-refractivity contribution in [1.82, 2.24) is 15.1 Å². The van der Waals surface area contributed by atoms with E-state index in [2.05, 4.69) is 23.4 Å². The van der Waals surface area contributed by atoms with Crippen molar-refractivity contribution >= 4 is 5.91 Å². The molecule has 2 heterocycles. The Kier molecular flexibility index (Phi) is 2.75. The quantitative estimate of drug-likeness (QED) is 0.791. The van der Waals surface area contributed by atoms with Gasteiger partial charge in [-0.2, -0.15) is 5.10 Å². The average Bonchev–Trinajstić information content (AvgIpc) is 2.76. The van der Waals surface area contributed by atoms with Crippen LogP contribution in [-0.2, 0) is 24.7 Å². The van der Waals surface area contributed by atoms with Gasteiger partial charge in [-0.25, -0.2) is 0 Å². The Morgan fingerprint density at radius 1 is 1.67 bits per heavy atom. The van der Waals surface area contributed by atoms with Gasteiger partial charge in [-0.3, -0.25) is 9.48 Å². The predicted octanol–water partition coefficient (Wildman–Crippen LogP) is 0.661. The van der Waals surface area contributed by atoms with E-state index in [1.165, 1.54) is 0 Å². The van der Waals surface area contributed by atoms with Crippen LogP contribution in [0.3, 0.4) is 0 Å². The molecule has 0 spiro atoms. The first kappa shape index (κ1) is 10.2. The fourth-order valence-corrected chi connectivity index (χ4v) is 2.03. The minimum Gasteiger partial charge on any atom is -0.356 e. The molecule has 82 valence electrons. The molecule has 1 aliphatic rings.